The first-order valence-electron chi connectivity index (χ1n) is 9.10. The molecule has 4 rings (SSSR count). The van der Waals surface area contributed by atoms with Gasteiger partial charge in [-0.3, -0.25) is 4.90 Å². The van der Waals surface area contributed by atoms with Crippen molar-refractivity contribution in [3.8, 4) is 0 Å². The summed E-state index contributed by atoms with van der Waals surface area (Å²) in [6.07, 6.45) is 4.52. The highest BCUT2D eigenvalue weighted by Crippen LogP contribution is 2.39. The fourth-order valence-electron chi connectivity index (χ4n) is 3.64. The Bertz CT molecular complexity index is 743. The predicted molar refractivity (Wildman–Crippen MR) is 103 cm³/mol. The maximum atomic E-state index is 10.4. The van der Waals surface area contributed by atoms with E-state index in [1.165, 1.54) is 35.1 Å². The Labute approximate surface area is 156 Å². The minimum atomic E-state index is -0.345. The maximum Gasteiger partial charge on any atom is 0.128 e. The Morgan fingerprint density at radius 1 is 1.24 bits per heavy atom. The third kappa shape index (κ3) is 4.01. The van der Waals surface area contributed by atoms with Gasteiger partial charge >= 0.3 is 0 Å². The lowest BCUT2D eigenvalue weighted by Crippen LogP contribution is -2.41. The molecule has 1 aliphatic heterocycles. The molecule has 0 bridgehead atoms. The van der Waals surface area contributed by atoms with Crippen molar-refractivity contribution in [2.75, 3.05) is 38.6 Å². The zero-order valence-electron chi connectivity index (χ0n) is 14.7. The number of aryl methyl sites for hydroxylation is 3. The molecule has 1 aliphatic carbocycles. The number of morpholine rings is 1. The van der Waals surface area contributed by atoms with Gasteiger partial charge in [-0.1, -0.05) is 0 Å². The van der Waals surface area contributed by atoms with E-state index in [1.54, 1.807) is 11.8 Å². The summed E-state index contributed by atoms with van der Waals surface area (Å²) in [5.74, 6) is 1.50. The van der Waals surface area contributed by atoms with Crippen LogP contribution < -0.4 is 0 Å². The Morgan fingerprint density at radius 3 is 2.88 bits per heavy atom. The van der Waals surface area contributed by atoms with Crippen LogP contribution in [0, 0.1) is 6.92 Å². The highest BCUT2D eigenvalue weighted by atomic mass is 32.2. The number of hydrogen-bond acceptors (Lipinski definition) is 7. The van der Waals surface area contributed by atoms with Gasteiger partial charge in [0.25, 0.3) is 0 Å². The van der Waals surface area contributed by atoms with Gasteiger partial charge in [0, 0.05) is 35.7 Å². The minimum absolute atomic E-state index is 0.345. The molecule has 0 unspecified atom stereocenters. The van der Waals surface area contributed by atoms with Crippen LogP contribution >= 0.6 is 23.1 Å². The second-order valence-corrected chi connectivity index (χ2v) is 8.94. The molecule has 7 heteroatoms. The molecular formula is C18H25N3O2S2. The lowest BCUT2D eigenvalue weighted by atomic mass is 9.97. The number of aliphatic hydroxyl groups is 1. The molecule has 25 heavy (non-hydrogen) atoms. The number of fused-ring (bicyclic) bond motifs is 3. The quantitative estimate of drug-likeness (QED) is 0.637. The Morgan fingerprint density at radius 2 is 2.04 bits per heavy atom. The van der Waals surface area contributed by atoms with E-state index >= 15 is 0 Å². The van der Waals surface area contributed by atoms with Crippen molar-refractivity contribution < 1.29 is 9.84 Å². The smallest absolute Gasteiger partial charge is 0.128 e. The van der Waals surface area contributed by atoms with Gasteiger partial charge in [-0.15, -0.1) is 23.1 Å². The molecule has 5 nitrogen and oxygen atoms in total. The molecule has 0 aromatic carbocycles. The lowest BCUT2D eigenvalue weighted by Gasteiger charge is -2.28. The first-order valence-corrected chi connectivity index (χ1v) is 10.9. The number of hydrogen-bond donors (Lipinski definition) is 1. The van der Waals surface area contributed by atoms with E-state index in [0.717, 1.165) is 48.4 Å². The molecule has 1 atom stereocenters. The first-order chi connectivity index (χ1) is 12.2. The summed E-state index contributed by atoms with van der Waals surface area (Å²) in [5, 5.41) is 12.8. The van der Waals surface area contributed by atoms with Crippen molar-refractivity contribution in [3.05, 3.63) is 16.3 Å². The van der Waals surface area contributed by atoms with Gasteiger partial charge in [0.15, 0.2) is 0 Å². The largest absolute Gasteiger partial charge is 0.391 e. The number of nitrogens with zero attached hydrogens (tertiary/aromatic N) is 3. The third-order valence-corrected chi connectivity index (χ3v) is 7.18. The van der Waals surface area contributed by atoms with Crippen LogP contribution in [0.15, 0.2) is 5.03 Å². The van der Waals surface area contributed by atoms with Crippen LogP contribution in [0.25, 0.3) is 10.2 Å². The van der Waals surface area contributed by atoms with Gasteiger partial charge in [0.05, 0.1) is 19.3 Å². The Kier molecular flexibility index (Phi) is 5.57. The van der Waals surface area contributed by atoms with Crippen LogP contribution in [-0.2, 0) is 17.6 Å². The predicted octanol–water partition coefficient (Wildman–Crippen LogP) is 2.66. The van der Waals surface area contributed by atoms with Crippen molar-refractivity contribution in [1.29, 1.82) is 0 Å². The molecule has 136 valence electrons. The summed E-state index contributed by atoms with van der Waals surface area (Å²) < 4.78 is 5.37. The first kappa shape index (κ1) is 17.7. The topological polar surface area (TPSA) is 58.5 Å². The normalized spacial score (nSPS) is 19.9. The number of aromatic nitrogens is 2. The SMILES string of the molecule is Cc1nc(SC[C@H](O)CN2CCOCC2)c2c3c(sc2n1)CCCC3. The second-order valence-electron chi connectivity index (χ2n) is 6.84. The molecule has 2 aliphatic rings. The monoisotopic (exact) mass is 379 g/mol. The van der Waals surface area contributed by atoms with Gasteiger partial charge in [-0.2, -0.15) is 0 Å². The van der Waals surface area contributed by atoms with Gasteiger partial charge in [0.2, 0.25) is 0 Å². The number of β-amino-alcohol motifs (C(OH)–C–C–N with tert-alkyl or cyclic N) is 1. The van der Waals surface area contributed by atoms with Crippen molar-refractivity contribution in [2.24, 2.45) is 0 Å². The highest BCUT2D eigenvalue weighted by Gasteiger charge is 2.22. The summed E-state index contributed by atoms with van der Waals surface area (Å²) in [4.78, 5) is 14.3. The Hall–Kier alpha value is -0.730. The van der Waals surface area contributed by atoms with E-state index in [0.29, 0.717) is 12.3 Å². The average Bonchev–Trinajstić information content (AvgIpc) is 2.98. The van der Waals surface area contributed by atoms with Crippen LogP contribution in [-0.4, -0.2) is 64.7 Å². The molecule has 1 saturated heterocycles. The van der Waals surface area contributed by atoms with Crippen LogP contribution in [0.3, 0.4) is 0 Å². The maximum absolute atomic E-state index is 10.4. The van der Waals surface area contributed by atoms with E-state index in [-0.39, 0.29) is 6.10 Å². The molecule has 0 saturated carbocycles. The second kappa shape index (κ2) is 7.88. The summed E-state index contributed by atoms with van der Waals surface area (Å²) in [6, 6.07) is 0. The van der Waals surface area contributed by atoms with Crippen molar-refractivity contribution in [2.45, 2.75) is 43.7 Å². The van der Waals surface area contributed by atoms with Crippen LogP contribution in [0.1, 0.15) is 29.1 Å². The standard InChI is InChI=1S/C18H25N3O2S2/c1-12-19-17(24-11-13(22)10-21-6-8-23-9-7-21)16-14-4-2-3-5-15(14)25-18(16)20-12/h13,22H,2-11H2,1H3/t13-/m1/s1. The summed E-state index contributed by atoms with van der Waals surface area (Å²) in [6.45, 7) is 6.05. The van der Waals surface area contributed by atoms with Crippen molar-refractivity contribution in [3.63, 3.8) is 0 Å². The molecule has 1 N–H and O–H groups in total. The number of ether oxygens (including phenoxy) is 1. The molecule has 3 heterocycles. The fraction of sp³-hybridized carbons (Fsp3) is 0.667. The van der Waals surface area contributed by atoms with Gasteiger partial charge in [-0.25, -0.2) is 9.97 Å². The van der Waals surface area contributed by atoms with Crippen LogP contribution in [0.4, 0.5) is 0 Å². The third-order valence-electron chi connectivity index (χ3n) is 4.88. The molecular weight excluding hydrogens is 354 g/mol. The fourth-order valence-corrected chi connectivity index (χ4v) is 6.03. The summed E-state index contributed by atoms with van der Waals surface area (Å²) in [5.41, 5.74) is 1.47. The number of thiophene rings is 1. The molecule has 0 amide bonds. The highest BCUT2D eigenvalue weighted by molar-refractivity contribution is 7.99. The lowest BCUT2D eigenvalue weighted by molar-refractivity contribution is 0.0188. The number of aliphatic hydroxyl groups excluding tert-OH is 1. The number of rotatable bonds is 5. The summed E-state index contributed by atoms with van der Waals surface area (Å²) >= 11 is 3.53. The van der Waals surface area contributed by atoms with Gasteiger partial charge in [-0.05, 0) is 38.2 Å². The van der Waals surface area contributed by atoms with Crippen molar-refractivity contribution in [1.82, 2.24) is 14.9 Å². The molecule has 0 spiro atoms. The molecule has 2 aromatic heterocycles. The zero-order valence-corrected chi connectivity index (χ0v) is 16.3. The van der Waals surface area contributed by atoms with E-state index in [9.17, 15) is 5.11 Å². The molecule has 2 aromatic rings. The molecule has 1 fully saturated rings. The van der Waals surface area contributed by atoms with Crippen LogP contribution in [0.2, 0.25) is 0 Å². The van der Waals surface area contributed by atoms with E-state index in [4.69, 9.17) is 9.72 Å². The van der Waals surface area contributed by atoms with Crippen LogP contribution in [0.5, 0.6) is 0 Å². The van der Waals surface area contributed by atoms with E-state index < -0.39 is 0 Å². The average molecular weight is 380 g/mol. The van der Waals surface area contributed by atoms with E-state index in [2.05, 4.69) is 9.88 Å². The molecule has 0 radical (unpaired) electrons. The zero-order chi connectivity index (χ0) is 17.2. The van der Waals surface area contributed by atoms with Gasteiger partial charge < -0.3 is 9.84 Å². The summed E-state index contributed by atoms with van der Waals surface area (Å²) in [7, 11) is 0. The minimum Gasteiger partial charge on any atom is -0.391 e. The van der Waals surface area contributed by atoms with E-state index in [1.807, 2.05) is 18.3 Å². The van der Waals surface area contributed by atoms with Gasteiger partial charge in [0.1, 0.15) is 15.7 Å². The van der Waals surface area contributed by atoms with Crippen molar-refractivity contribution >= 4 is 33.3 Å². The number of thioether (sulfide) groups is 1. The Balaban J connectivity index is 1.49.